The average molecular weight is 215 g/mol. The van der Waals surface area contributed by atoms with Crippen LogP contribution in [0.2, 0.25) is 0 Å². The number of aryl methyl sites for hydroxylation is 2. The summed E-state index contributed by atoms with van der Waals surface area (Å²) in [5.41, 5.74) is 2.74. The summed E-state index contributed by atoms with van der Waals surface area (Å²) in [5.74, 6) is 0. The molecule has 16 heavy (non-hydrogen) atoms. The van der Waals surface area contributed by atoms with Gasteiger partial charge < -0.3 is 9.36 Å². The first-order valence-corrected chi connectivity index (χ1v) is 5.18. The Morgan fingerprint density at radius 2 is 2.00 bits per heavy atom. The van der Waals surface area contributed by atoms with Gasteiger partial charge in [-0.25, -0.2) is 0 Å². The minimum absolute atomic E-state index is 0.110. The van der Waals surface area contributed by atoms with Gasteiger partial charge in [-0.2, -0.15) is 0 Å². The Kier molecular flexibility index (Phi) is 2.60. The highest BCUT2D eigenvalue weighted by atomic mass is 16.1. The van der Waals surface area contributed by atoms with Gasteiger partial charge in [0.05, 0.1) is 12.1 Å². The summed E-state index contributed by atoms with van der Waals surface area (Å²) in [6.07, 6.45) is 0.749. The van der Waals surface area contributed by atoms with E-state index in [0.717, 1.165) is 28.3 Å². The van der Waals surface area contributed by atoms with Crippen molar-refractivity contribution >= 4 is 17.2 Å². The molecular weight excluding hydrogens is 202 g/mol. The van der Waals surface area contributed by atoms with E-state index in [0.29, 0.717) is 0 Å². The van der Waals surface area contributed by atoms with Crippen molar-refractivity contribution in [3.05, 3.63) is 45.7 Å². The molecule has 1 heterocycles. The van der Waals surface area contributed by atoms with Gasteiger partial charge >= 0.3 is 0 Å². The third-order valence-electron chi connectivity index (χ3n) is 2.73. The Bertz CT molecular complexity index is 611. The van der Waals surface area contributed by atoms with E-state index >= 15 is 0 Å². The van der Waals surface area contributed by atoms with Crippen molar-refractivity contribution in [1.29, 1.82) is 0 Å². The van der Waals surface area contributed by atoms with Crippen molar-refractivity contribution in [1.82, 2.24) is 4.57 Å². The summed E-state index contributed by atoms with van der Waals surface area (Å²) in [7, 11) is 0. The van der Waals surface area contributed by atoms with E-state index in [2.05, 4.69) is 0 Å². The third kappa shape index (κ3) is 1.65. The number of nitrogens with zero attached hydrogens (tertiary/aromatic N) is 1. The molecule has 0 spiro atoms. The Morgan fingerprint density at radius 1 is 1.25 bits per heavy atom. The fourth-order valence-corrected chi connectivity index (χ4v) is 1.92. The van der Waals surface area contributed by atoms with Gasteiger partial charge in [-0.1, -0.05) is 12.1 Å². The number of hydrogen-bond donors (Lipinski definition) is 0. The highest BCUT2D eigenvalue weighted by Crippen LogP contribution is 2.17. The summed E-state index contributed by atoms with van der Waals surface area (Å²) >= 11 is 0. The normalized spacial score (nSPS) is 10.6. The monoisotopic (exact) mass is 215 g/mol. The molecule has 0 N–H and O–H groups in total. The van der Waals surface area contributed by atoms with Crippen molar-refractivity contribution in [3.8, 4) is 0 Å². The number of fused-ring (bicyclic) bond motifs is 1. The van der Waals surface area contributed by atoms with Crippen LogP contribution in [0.4, 0.5) is 0 Å². The number of hydrogen-bond acceptors (Lipinski definition) is 2. The van der Waals surface area contributed by atoms with Crippen LogP contribution in [0.15, 0.2) is 29.1 Å². The van der Waals surface area contributed by atoms with Crippen molar-refractivity contribution in [3.63, 3.8) is 0 Å². The van der Waals surface area contributed by atoms with Gasteiger partial charge in [0.15, 0.2) is 0 Å². The summed E-state index contributed by atoms with van der Waals surface area (Å²) in [6.45, 7) is 3.99. The molecule has 0 fully saturated rings. The van der Waals surface area contributed by atoms with Crippen LogP contribution in [0.1, 0.15) is 11.1 Å². The van der Waals surface area contributed by atoms with Gasteiger partial charge in [-0.05, 0) is 31.0 Å². The lowest BCUT2D eigenvalue weighted by Crippen LogP contribution is -2.21. The fourth-order valence-electron chi connectivity index (χ4n) is 1.92. The molecule has 0 aliphatic carbocycles. The second kappa shape index (κ2) is 3.93. The standard InChI is InChI=1S/C13H13NO2/c1-9-3-4-11-10(2)8-13(16)14(5-6-15)12(11)7-9/h3-4,6-8H,5H2,1-2H3. The predicted molar refractivity (Wildman–Crippen MR) is 63.7 cm³/mol. The summed E-state index contributed by atoms with van der Waals surface area (Å²) < 4.78 is 1.50. The molecule has 0 bridgehead atoms. The van der Waals surface area contributed by atoms with E-state index in [1.807, 2.05) is 32.0 Å². The molecule has 2 rings (SSSR count). The molecule has 0 saturated heterocycles. The zero-order chi connectivity index (χ0) is 11.7. The Balaban J connectivity index is 2.91. The molecule has 82 valence electrons. The molecule has 0 atom stereocenters. The van der Waals surface area contributed by atoms with Crippen LogP contribution in [0, 0.1) is 13.8 Å². The van der Waals surface area contributed by atoms with Crippen molar-refractivity contribution in [2.45, 2.75) is 20.4 Å². The third-order valence-corrected chi connectivity index (χ3v) is 2.73. The lowest BCUT2D eigenvalue weighted by atomic mass is 10.1. The number of carbonyl (C=O) groups excluding carboxylic acids is 1. The maximum Gasteiger partial charge on any atom is 0.251 e. The lowest BCUT2D eigenvalue weighted by Gasteiger charge is -2.09. The molecule has 1 aromatic carbocycles. The smallest absolute Gasteiger partial charge is 0.251 e. The average Bonchev–Trinajstić information content (AvgIpc) is 2.23. The van der Waals surface area contributed by atoms with Gasteiger partial charge in [0.2, 0.25) is 0 Å². The van der Waals surface area contributed by atoms with Crippen LogP contribution in [-0.4, -0.2) is 10.9 Å². The van der Waals surface area contributed by atoms with Gasteiger partial charge in [-0.15, -0.1) is 0 Å². The molecule has 3 nitrogen and oxygen atoms in total. The van der Waals surface area contributed by atoms with Crippen molar-refractivity contribution in [2.75, 3.05) is 0 Å². The minimum Gasteiger partial charge on any atom is -0.301 e. The molecule has 0 amide bonds. The Labute approximate surface area is 93.3 Å². The largest absolute Gasteiger partial charge is 0.301 e. The number of rotatable bonds is 2. The lowest BCUT2D eigenvalue weighted by molar-refractivity contribution is -0.108. The predicted octanol–water partition coefficient (Wildman–Crippen LogP) is 1.82. The molecule has 1 aromatic heterocycles. The molecular formula is C13H13NO2. The number of carbonyl (C=O) groups is 1. The Morgan fingerprint density at radius 3 is 2.69 bits per heavy atom. The van der Waals surface area contributed by atoms with E-state index in [4.69, 9.17) is 0 Å². The summed E-state index contributed by atoms with van der Waals surface area (Å²) in [6, 6.07) is 7.50. The SMILES string of the molecule is Cc1ccc2c(C)cc(=O)n(CC=O)c2c1. The van der Waals surface area contributed by atoms with E-state index in [-0.39, 0.29) is 12.1 Å². The van der Waals surface area contributed by atoms with E-state index in [9.17, 15) is 9.59 Å². The molecule has 0 saturated carbocycles. The van der Waals surface area contributed by atoms with Crippen LogP contribution in [0.3, 0.4) is 0 Å². The molecule has 3 heteroatoms. The van der Waals surface area contributed by atoms with Gasteiger partial charge in [0, 0.05) is 11.5 Å². The second-order valence-electron chi connectivity index (χ2n) is 3.96. The summed E-state index contributed by atoms with van der Waals surface area (Å²) in [5, 5.41) is 1.02. The number of aromatic nitrogens is 1. The first-order valence-electron chi connectivity index (χ1n) is 5.18. The number of benzene rings is 1. The van der Waals surface area contributed by atoms with Crippen LogP contribution < -0.4 is 5.56 Å². The molecule has 0 radical (unpaired) electrons. The van der Waals surface area contributed by atoms with Crippen molar-refractivity contribution < 1.29 is 4.79 Å². The number of aldehydes is 1. The molecule has 0 unspecified atom stereocenters. The van der Waals surface area contributed by atoms with Gasteiger partial charge in [-0.3, -0.25) is 4.79 Å². The first kappa shape index (κ1) is 10.6. The summed E-state index contributed by atoms with van der Waals surface area (Å²) in [4.78, 5) is 22.3. The molecule has 0 aliphatic heterocycles. The maximum atomic E-state index is 11.8. The van der Waals surface area contributed by atoms with Crippen molar-refractivity contribution in [2.24, 2.45) is 0 Å². The zero-order valence-electron chi connectivity index (χ0n) is 9.36. The Hall–Kier alpha value is -1.90. The first-order chi connectivity index (χ1) is 7.63. The van der Waals surface area contributed by atoms with Crippen LogP contribution >= 0.6 is 0 Å². The highest BCUT2D eigenvalue weighted by molar-refractivity contribution is 5.83. The fraction of sp³-hybridized carbons (Fsp3) is 0.231. The zero-order valence-corrected chi connectivity index (χ0v) is 9.36. The molecule has 2 aromatic rings. The van der Waals surface area contributed by atoms with Crippen LogP contribution in [0.25, 0.3) is 10.9 Å². The van der Waals surface area contributed by atoms with E-state index in [1.165, 1.54) is 4.57 Å². The van der Waals surface area contributed by atoms with E-state index in [1.54, 1.807) is 6.07 Å². The van der Waals surface area contributed by atoms with Crippen LogP contribution in [-0.2, 0) is 11.3 Å². The molecule has 0 aliphatic rings. The topological polar surface area (TPSA) is 39.1 Å². The van der Waals surface area contributed by atoms with Crippen LogP contribution in [0.5, 0.6) is 0 Å². The highest BCUT2D eigenvalue weighted by Gasteiger charge is 2.05. The van der Waals surface area contributed by atoms with Gasteiger partial charge in [0.1, 0.15) is 6.29 Å². The number of pyridine rings is 1. The van der Waals surface area contributed by atoms with E-state index < -0.39 is 0 Å². The maximum absolute atomic E-state index is 11.8. The minimum atomic E-state index is -0.122. The second-order valence-corrected chi connectivity index (χ2v) is 3.96. The quantitative estimate of drug-likeness (QED) is 0.717. The van der Waals surface area contributed by atoms with Gasteiger partial charge in [0.25, 0.3) is 5.56 Å².